The fourth-order valence-corrected chi connectivity index (χ4v) is 3.21. The van der Waals surface area contributed by atoms with Gasteiger partial charge in [-0.3, -0.25) is 9.79 Å². The summed E-state index contributed by atoms with van der Waals surface area (Å²) in [5.74, 6) is 0.809. The molecule has 0 radical (unpaired) electrons. The molecule has 1 heterocycles. The van der Waals surface area contributed by atoms with E-state index in [0.29, 0.717) is 25.5 Å². The topological polar surface area (TPSA) is 56.7 Å². The van der Waals surface area contributed by atoms with E-state index in [9.17, 15) is 18.0 Å². The fraction of sp³-hybridized carbons (Fsp3) is 0.579. The van der Waals surface area contributed by atoms with Gasteiger partial charge in [-0.15, -0.1) is 24.0 Å². The Bertz CT molecular complexity index is 650. The number of aliphatic imine (C=N–C) groups is 1. The number of hydrogen-bond donors (Lipinski definition) is 2. The normalized spacial score (nSPS) is 16.0. The molecule has 0 bridgehead atoms. The summed E-state index contributed by atoms with van der Waals surface area (Å²) >= 11 is 0. The van der Waals surface area contributed by atoms with Crippen LogP contribution in [0.1, 0.15) is 43.7 Å². The van der Waals surface area contributed by atoms with Crippen molar-refractivity contribution in [2.45, 2.75) is 51.4 Å². The Morgan fingerprint density at radius 3 is 2.43 bits per heavy atom. The van der Waals surface area contributed by atoms with Crippen molar-refractivity contribution >= 4 is 35.8 Å². The minimum absolute atomic E-state index is 0. The van der Waals surface area contributed by atoms with Crippen molar-refractivity contribution in [1.82, 2.24) is 15.5 Å². The lowest BCUT2D eigenvalue weighted by Gasteiger charge is -2.27. The summed E-state index contributed by atoms with van der Waals surface area (Å²) in [6, 6.07) is 5.28. The van der Waals surface area contributed by atoms with Gasteiger partial charge in [-0.1, -0.05) is 19.1 Å². The Hall–Kier alpha value is -1.52. The van der Waals surface area contributed by atoms with E-state index in [4.69, 9.17) is 0 Å². The number of nitrogens with zero attached hydrogens (tertiary/aromatic N) is 2. The second-order valence-corrected chi connectivity index (χ2v) is 6.59. The molecule has 158 valence electrons. The lowest BCUT2D eigenvalue weighted by atomic mass is 10.1. The summed E-state index contributed by atoms with van der Waals surface area (Å²) in [5, 5.41) is 6.29. The van der Waals surface area contributed by atoms with Crippen molar-refractivity contribution in [3.8, 4) is 0 Å². The third kappa shape index (κ3) is 7.14. The van der Waals surface area contributed by atoms with Crippen molar-refractivity contribution in [2.75, 3.05) is 20.1 Å². The summed E-state index contributed by atoms with van der Waals surface area (Å²) in [4.78, 5) is 18.0. The number of nitrogens with one attached hydrogen (secondary N) is 2. The molecule has 28 heavy (non-hydrogen) atoms. The highest BCUT2D eigenvalue weighted by molar-refractivity contribution is 14.0. The molecule has 0 aromatic heterocycles. The van der Waals surface area contributed by atoms with Crippen molar-refractivity contribution in [1.29, 1.82) is 0 Å². The average molecular weight is 512 g/mol. The molecule has 9 heteroatoms. The summed E-state index contributed by atoms with van der Waals surface area (Å²) in [6.45, 7) is 3.95. The maximum Gasteiger partial charge on any atom is 0.416 e. The van der Waals surface area contributed by atoms with Gasteiger partial charge in [0.15, 0.2) is 5.96 Å². The van der Waals surface area contributed by atoms with E-state index in [1.54, 1.807) is 7.05 Å². The largest absolute Gasteiger partial charge is 0.416 e. The lowest BCUT2D eigenvalue weighted by molar-refractivity contribution is -0.137. The Labute approximate surface area is 181 Å². The molecule has 0 spiro atoms. The summed E-state index contributed by atoms with van der Waals surface area (Å²) in [6.07, 6.45) is -1.02. The van der Waals surface area contributed by atoms with Crippen LogP contribution in [0.15, 0.2) is 29.3 Å². The highest BCUT2D eigenvalue weighted by Crippen LogP contribution is 2.29. The Morgan fingerprint density at radius 2 is 1.93 bits per heavy atom. The quantitative estimate of drug-likeness (QED) is 0.332. The number of hydrogen-bond acceptors (Lipinski definition) is 2. The second-order valence-electron chi connectivity index (χ2n) is 6.59. The van der Waals surface area contributed by atoms with Crippen LogP contribution in [0.4, 0.5) is 13.2 Å². The molecule has 1 atom stereocenters. The summed E-state index contributed by atoms with van der Waals surface area (Å²) in [5.41, 5.74) is 0.0795. The third-order valence-electron chi connectivity index (χ3n) is 4.76. The van der Waals surface area contributed by atoms with E-state index < -0.39 is 11.7 Å². The Kier molecular flexibility index (Phi) is 10.0. The van der Waals surface area contributed by atoms with Gasteiger partial charge in [0.1, 0.15) is 0 Å². The zero-order chi connectivity index (χ0) is 19.9. The number of guanidine groups is 1. The first kappa shape index (κ1) is 24.5. The Morgan fingerprint density at radius 1 is 1.25 bits per heavy atom. The molecule has 2 rings (SSSR count). The molecule has 0 saturated carbocycles. The van der Waals surface area contributed by atoms with E-state index in [0.717, 1.165) is 43.5 Å². The van der Waals surface area contributed by atoms with Gasteiger partial charge < -0.3 is 15.5 Å². The molecule has 1 aliphatic rings. The highest BCUT2D eigenvalue weighted by atomic mass is 127. The average Bonchev–Trinajstić information content (AvgIpc) is 3.06. The van der Waals surface area contributed by atoms with Crippen LogP contribution in [0.2, 0.25) is 0 Å². The van der Waals surface area contributed by atoms with Crippen LogP contribution < -0.4 is 10.6 Å². The molecule has 0 aliphatic carbocycles. The maximum atomic E-state index is 12.6. The predicted molar refractivity (Wildman–Crippen MR) is 115 cm³/mol. The molecule has 1 unspecified atom stereocenters. The minimum atomic E-state index is -4.32. The maximum absolute atomic E-state index is 12.6. The molecular weight excluding hydrogens is 484 g/mol. The van der Waals surface area contributed by atoms with Crippen molar-refractivity contribution in [2.24, 2.45) is 4.99 Å². The van der Waals surface area contributed by atoms with Crippen molar-refractivity contribution < 1.29 is 18.0 Å². The van der Waals surface area contributed by atoms with E-state index in [1.165, 1.54) is 12.1 Å². The summed E-state index contributed by atoms with van der Waals surface area (Å²) < 4.78 is 37.8. The van der Waals surface area contributed by atoms with Crippen LogP contribution in [0.25, 0.3) is 0 Å². The number of carbonyl (C=O) groups is 1. The molecule has 1 aliphatic heterocycles. The smallest absolute Gasteiger partial charge is 0.356 e. The highest BCUT2D eigenvalue weighted by Gasteiger charge is 2.30. The van der Waals surface area contributed by atoms with Gasteiger partial charge in [-0.25, -0.2) is 0 Å². The second kappa shape index (κ2) is 11.5. The number of likely N-dealkylation sites (tertiary alicyclic amines) is 1. The van der Waals surface area contributed by atoms with Gasteiger partial charge in [-0.2, -0.15) is 13.2 Å². The van der Waals surface area contributed by atoms with Crippen molar-refractivity contribution in [3.05, 3.63) is 35.4 Å². The van der Waals surface area contributed by atoms with Crippen LogP contribution in [0.5, 0.6) is 0 Å². The zero-order valence-corrected chi connectivity index (χ0v) is 18.5. The van der Waals surface area contributed by atoms with Gasteiger partial charge in [0, 0.05) is 39.1 Å². The van der Waals surface area contributed by atoms with E-state index in [1.807, 2.05) is 4.90 Å². The van der Waals surface area contributed by atoms with Crippen molar-refractivity contribution in [3.63, 3.8) is 0 Å². The SMILES string of the molecule is CCC(CCNC(=NC)NCc1ccc(C(F)(F)F)cc1)N1CCCC1=O.I. The molecule has 1 aromatic rings. The number of amides is 1. The first-order valence-electron chi connectivity index (χ1n) is 9.25. The lowest BCUT2D eigenvalue weighted by Crippen LogP contribution is -2.41. The van der Waals surface area contributed by atoms with E-state index in [-0.39, 0.29) is 35.9 Å². The monoisotopic (exact) mass is 512 g/mol. The van der Waals surface area contributed by atoms with Crippen LogP contribution in [0, 0.1) is 0 Å². The van der Waals surface area contributed by atoms with Gasteiger partial charge in [-0.05, 0) is 37.0 Å². The first-order valence-corrected chi connectivity index (χ1v) is 9.25. The van der Waals surface area contributed by atoms with Crippen LogP contribution >= 0.6 is 24.0 Å². The number of alkyl halides is 3. The number of benzene rings is 1. The molecular formula is C19H28F3IN4O. The van der Waals surface area contributed by atoms with Gasteiger partial charge in [0.2, 0.25) is 5.91 Å². The number of halogens is 4. The van der Waals surface area contributed by atoms with Gasteiger partial charge >= 0.3 is 6.18 Å². The van der Waals surface area contributed by atoms with Gasteiger partial charge in [0.05, 0.1) is 5.56 Å². The van der Waals surface area contributed by atoms with Crippen LogP contribution in [0.3, 0.4) is 0 Å². The molecule has 2 N–H and O–H groups in total. The third-order valence-corrected chi connectivity index (χ3v) is 4.76. The van der Waals surface area contributed by atoms with E-state index >= 15 is 0 Å². The fourth-order valence-electron chi connectivity index (χ4n) is 3.21. The predicted octanol–water partition coefficient (Wildman–Crippen LogP) is 3.78. The van der Waals surface area contributed by atoms with E-state index in [2.05, 4.69) is 22.5 Å². The molecule has 1 aromatic carbocycles. The zero-order valence-electron chi connectivity index (χ0n) is 16.2. The molecule has 1 saturated heterocycles. The van der Waals surface area contributed by atoms with Gasteiger partial charge in [0.25, 0.3) is 0 Å². The number of carbonyl (C=O) groups excluding carboxylic acids is 1. The minimum Gasteiger partial charge on any atom is -0.356 e. The van der Waals surface area contributed by atoms with Crippen LogP contribution in [-0.2, 0) is 17.5 Å². The first-order chi connectivity index (χ1) is 12.8. The molecule has 1 fully saturated rings. The molecule has 5 nitrogen and oxygen atoms in total. The van der Waals surface area contributed by atoms with Crippen LogP contribution in [-0.4, -0.2) is 42.9 Å². The number of rotatable bonds is 7. The molecule has 1 amide bonds. The summed E-state index contributed by atoms with van der Waals surface area (Å²) in [7, 11) is 1.64. The Balaban J connectivity index is 0.00000392. The standard InChI is InChI=1S/C19H27F3N4O.HI/c1-3-16(26-12-4-5-17(26)27)10-11-24-18(23-2)25-13-14-6-8-15(9-7-14)19(20,21)22;/h6-9,16H,3-5,10-13H2,1-2H3,(H2,23,24,25);1H.